The number of aryl methyl sites for hydroxylation is 1. The highest BCUT2D eigenvalue weighted by Crippen LogP contribution is 2.31. The van der Waals surface area contributed by atoms with E-state index in [1.54, 1.807) is 18.2 Å². The van der Waals surface area contributed by atoms with Gasteiger partial charge in [-0.15, -0.1) is 0 Å². The van der Waals surface area contributed by atoms with E-state index in [9.17, 15) is 13.2 Å². The summed E-state index contributed by atoms with van der Waals surface area (Å²) in [5.74, 6) is -0.203. The average Bonchev–Trinajstić information content (AvgIpc) is 2.63. The molecule has 138 valence electrons. The number of nitrogens with zero attached hydrogens (tertiary/aromatic N) is 1. The van der Waals surface area contributed by atoms with Gasteiger partial charge in [0.05, 0.1) is 16.5 Å². The molecule has 7 heteroatoms. The van der Waals surface area contributed by atoms with Crippen LogP contribution in [0.1, 0.15) is 35.7 Å². The maximum Gasteiger partial charge on any atom is 0.255 e. The van der Waals surface area contributed by atoms with Crippen molar-refractivity contribution in [3.8, 4) is 0 Å². The third kappa shape index (κ3) is 4.02. The first kappa shape index (κ1) is 18.7. The number of hydrogen-bond donors (Lipinski definition) is 1. The smallest absolute Gasteiger partial charge is 0.255 e. The van der Waals surface area contributed by atoms with Crippen LogP contribution in [0, 0.1) is 0 Å². The van der Waals surface area contributed by atoms with Gasteiger partial charge < -0.3 is 5.32 Å². The fraction of sp³-hybridized carbons (Fsp3) is 0.316. The summed E-state index contributed by atoms with van der Waals surface area (Å²) in [5, 5.41) is 3.15. The second kappa shape index (κ2) is 7.68. The molecule has 3 rings (SSSR count). The topological polar surface area (TPSA) is 66.5 Å². The highest BCUT2D eigenvalue weighted by molar-refractivity contribution is 7.92. The Morgan fingerprint density at radius 2 is 1.88 bits per heavy atom. The van der Waals surface area contributed by atoms with Crippen LogP contribution < -0.4 is 9.62 Å². The first-order valence-electron chi connectivity index (χ1n) is 8.61. The van der Waals surface area contributed by atoms with Crippen molar-refractivity contribution < 1.29 is 13.2 Å². The summed E-state index contributed by atoms with van der Waals surface area (Å²) in [7, 11) is -3.39. The van der Waals surface area contributed by atoms with E-state index in [0.717, 1.165) is 12.8 Å². The van der Waals surface area contributed by atoms with Crippen LogP contribution >= 0.6 is 11.6 Å². The van der Waals surface area contributed by atoms with Gasteiger partial charge in [-0.2, -0.15) is 0 Å². The molecular weight excluding hydrogens is 372 g/mol. The molecule has 5 nitrogen and oxygen atoms in total. The predicted octanol–water partition coefficient (Wildman–Crippen LogP) is 4.08. The molecule has 1 amide bonds. The second-order valence-corrected chi connectivity index (χ2v) is 8.69. The van der Waals surface area contributed by atoms with Crippen LogP contribution in [0.15, 0.2) is 42.5 Å². The summed E-state index contributed by atoms with van der Waals surface area (Å²) in [5.41, 5.74) is 2.60. The number of halogens is 1. The Balaban J connectivity index is 1.85. The Hall–Kier alpha value is -2.05. The zero-order valence-corrected chi connectivity index (χ0v) is 16.1. The summed E-state index contributed by atoms with van der Waals surface area (Å²) < 4.78 is 26.0. The lowest BCUT2D eigenvalue weighted by Crippen LogP contribution is -2.38. The second-order valence-electron chi connectivity index (χ2n) is 6.27. The number of sulfonamides is 1. The number of benzene rings is 2. The Morgan fingerprint density at radius 1 is 1.15 bits per heavy atom. The van der Waals surface area contributed by atoms with Crippen molar-refractivity contribution in [2.75, 3.05) is 21.9 Å². The Morgan fingerprint density at radius 3 is 2.54 bits per heavy atom. The van der Waals surface area contributed by atoms with Crippen molar-refractivity contribution in [2.45, 2.75) is 26.2 Å². The van der Waals surface area contributed by atoms with Gasteiger partial charge in [0, 0.05) is 17.8 Å². The molecular formula is C19H21ClN2O3S. The monoisotopic (exact) mass is 392 g/mol. The van der Waals surface area contributed by atoms with Gasteiger partial charge in [0.15, 0.2) is 0 Å². The maximum atomic E-state index is 12.6. The first-order chi connectivity index (χ1) is 12.4. The molecule has 1 N–H and O–H groups in total. The Bertz CT molecular complexity index is 911. The zero-order chi connectivity index (χ0) is 18.7. The lowest BCUT2D eigenvalue weighted by molar-refractivity contribution is 0.102. The summed E-state index contributed by atoms with van der Waals surface area (Å²) in [6.45, 7) is 2.45. The minimum atomic E-state index is -3.39. The van der Waals surface area contributed by atoms with Gasteiger partial charge in [-0.25, -0.2) is 8.42 Å². The zero-order valence-electron chi connectivity index (χ0n) is 14.5. The van der Waals surface area contributed by atoms with E-state index in [1.807, 2.05) is 24.3 Å². The normalized spacial score (nSPS) is 16.3. The van der Waals surface area contributed by atoms with Crippen LogP contribution in [0.5, 0.6) is 0 Å². The van der Waals surface area contributed by atoms with E-state index in [-0.39, 0.29) is 11.7 Å². The van der Waals surface area contributed by atoms with Crippen LogP contribution in [0.4, 0.5) is 11.4 Å². The molecule has 0 radical (unpaired) electrons. The SMILES string of the molecule is CCc1ccc(NC(=O)c2ccc(Cl)c(N3CCCCS3(=O)=O)c2)cc1. The average molecular weight is 393 g/mol. The molecule has 1 fully saturated rings. The number of amides is 1. The van der Waals surface area contributed by atoms with Crippen LogP contribution in [0.25, 0.3) is 0 Å². The summed E-state index contributed by atoms with van der Waals surface area (Å²) in [6, 6.07) is 12.3. The molecule has 1 aliphatic rings. The number of carbonyl (C=O) groups is 1. The molecule has 1 aliphatic heterocycles. The molecule has 0 spiro atoms. The third-order valence-corrected chi connectivity index (χ3v) is 6.62. The molecule has 2 aromatic carbocycles. The van der Waals surface area contributed by atoms with Gasteiger partial charge in [0.2, 0.25) is 10.0 Å². The van der Waals surface area contributed by atoms with Crippen molar-refractivity contribution in [3.63, 3.8) is 0 Å². The highest BCUT2D eigenvalue weighted by atomic mass is 35.5. The molecule has 0 aliphatic carbocycles. The molecule has 0 aromatic heterocycles. The summed E-state index contributed by atoms with van der Waals surface area (Å²) in [4.78, 5) is 12.6. The quantitative estimate of drug-likeness (QED) is 0.852. The standard InChI is InChI=1S/C19H21ClN2O3S/c1-2-14-5-8-16(9-6-14)21-19(23)15-7-10-17(20)18(13-15)22-11-3-4-12-26(22,24)25/h5-10,13H,2-4,11-12H2,1H3,(H,21,23). The lowest BCUT2D eigenvalue weighted by Gasteiger charge is -2.29. The van der Waals surface area contributed by atoms with Crippen molar-refractivity contribution in [1.29, 1.82) is 0 Å². The van der Waals surface area contributed by atoms with Gasteiger partial charge in [0.1, 0.15) is 0 Å². The van der Waals surface area contributed by atoms with E-state index in [2.05, 4.69) is 12.2 Å². The van der Waals surface area contributed by atoms with E-state index in [4.69, 9.17) is 11.6 Å². The predicted molar refractivity (Wildman–Crippen MR) is 106 cm³/mol. The van der Waals surface area contributed by atoms with E-state index < -0.39 is 10.0 Å². The van der Waals surface area contributed by atoms with Gasteiger partial charge in [-0.1, -0.05) is 30.7 Å². The fourth-order valence-electron chi connectivity index (χ4n) is 2.93. The van der Waals surface area contributed by atoms with Crippen LogP contribution in [-0.4, -0.2) is 26.6 Å². The van der Waals surface area contributed by atoms with Crippen molar-refractivity contribution in [3.05, 3.63) is 58.6 Å². The van der Waals surface area contributed by atoms with E-state index in [1.165, 1.54) is 9.87 Å². The maximum absolute atomic E-state index is 12.6. The number of anilines is 2. The van der Waals surface area contributed by atoms with Gasteiger partial charge in [0.25, 0.3) is 5.91 Å². The molecule has 0 unspecified atom stereocenters. The molecule has 1 heterocycles. The Kier molecular flexibility index (Phi) is 5.53. The first-order valence-corrected chi connectivity index (χ1v) is 10.6. The third-order valence-electron chi connectivity index (χ3n) is 4.45. The molecule has 0 saturated carbocycles. The van der Waals surface area contributed by atoms with Crippen molar-refractivity contribution in [1.82, 2.24) is 0 Å². The fourth-order valence-corrected chi connectivity index (χ4v) is 4.85. The summed E-state index contributed by atoms with van der Waals surface area (Å²) in [6.07, 6.45) is 2.35. The highest BCUT2D eigenvalue weighted by Gasteiger charge is 2.28. The number of nitrogens with one attached hydrogen (secondary N) is 1. The van der Waals surface area contributed by atoms with Gasteiger partial charge in [-0.05, 0) is 55.2 Å². The minimum Gasteiger partial charge on any atom is -0.322 e. The molecule has 0 atom stereocenters. The number of carbonyl (C=O) groups excluding carboxylic acids is 1. The number of rotatable bonds is 4. The van der Waals surface area contributed by atoms with Crippen LogP contribution in [0.3, 0.4) is 0 Å². The van der Waals surface area contributed by atoms with Gasteiger partial charge in [-0.3, -0.25) is 9.10 Å². The summed E-state index contributed by atoms with van der Waals surface area (Å²) >= 11 is 6.22. The lowest BCUT2D eigenvalue weighted by atomic mass is 10.1. The largest absolute Gasteiger partial charge is 0.322 e. The Labute approximate surface area is 159 Å². The van der Waals surface area contributed by atoms with E-state index in [0.29, 0.717) is 34.9 Å². The molecule has 26 heavy (non-hydrogen) atoms. The van der Waals surface area contributed by atoms with E-state index >= 15 is 0 Å². The van der Waals surface area contributed by atoms with Crippen molar-refractivity contribution in [2.24, 2.45) is 0 Å². The van der Waals surface area contributed by atoms with Gasteiger partial charge >= 0.3 is 0 Å². The molecule has 1 saturated heterocycles. The van der Waals surface area contributed by atoms with Crippen molar-refractivity contribution >= 4 is 38.9 Å². The molecule has 2 aromatic rings. The number of hydrogen-bond acceptors (Lipinski definition) is 3. The molecule has 0 bridgehead atoms. The van der Waals surface area contributed by atoms with Crippen LogP contribution in [0.2, 0.25) is 5.02 Å². The van der Waals surface area contributed by atoms with Crippen LogP contribution in [-0.2, 0) is 16.4 Å². The minimum absolute atomic E-state index is 0.101.